The van der Waals surface area contributed by atoms with E-state index in [2.05, 4.69) is 10.6 Å². The van der Waals surface area contributed by atoms with Crippen LogP contribution in [-0.2, 0) is 4.79 Å². The van der Waals surface area contributed by atoms with Gasteiger partial charge < -0.3 is 15.7 Å². The highest BCUT2D eigenvalue weighted by atomic mass is 16.4. The lowest BCUT2D eigenvalue weighted by Crippen LogP contribution is -2.49. The largest absolute Gasteiger partial charge is 0.480 e. The lowest BCUT2D eigenvalue weighted by atomic mass is 10.1. The Labute approximate surface area is 82.9 Å². The average Bonchev–Trinajstić information content (AvgIpc) is 2.82. The molecule has 5 nitrogen and oxygen atoms in total. The summed E-state index contributed by atoms with van der Waals surface area (Å²) < 4.78 is 0. The highest BCUT2D eigenvalue weighted by Crippen LogP contribution is 2.18. The number of aliphatic carboxylic acids is 1. The van der Waals surface area contributed by atoms with Crippen LogP contribution in [0.25, 0.3) is 0 Å². The van der Waals surface area contributed by atoms with Crippen molar-refractivity contribution in [3.05, 3.63) is 0 Å². The predicted octanol–water partition coefficient (Wildman–Crippen LogP) is 0.557. The summed E-state index contributed by atoms with van der Waals surface area (Å²) in [7, 11) is 0. The summed E-state index contributed by atoms with van der Waals surface area (Å²) in [4.78, 5) is 22.0. The number of nitrogens with one attached hydrogen (secondary N) is 2. The molecule has 1 atom stereocenters. The van der Waals surface area contributed by atoms with Gasteiger partial charge in [0.05, 0.1) is 0 Å². The molecule has 0 bridgehead atoms. The second-order valence-electron chi connectivity index (χ2n) is 3.95. The van der Waals surface area contributed by atoms with E-state index in [1.807, 2.05) is 0 Å². The lowest BCUT2D eigenvalue weighted by Gasteiger charge is -2.17. The number of carboxylic acid groups (broad SMARTS) is 1. The molecule has 0 heterocycles. The first-order valence-corrected chi connectivity index (χ1v) is 4.80. The molecule has 0 aromatic heterocycles. The summed E-state index contributed by atoms with van der Waals surface area (Å²) in [5.41, 5.74) is 0. The van der Waals surface area contributed by atoms with Gasteiger partial charge in [-0.15, -0.1) is 0 Å². The molecule has 0 aromatic carbocycles. The number of carboxylic acids is 1. The quantitative estimate of drug-likeness (QED) is 0.620. The molecule has 1 aliphatic rings. The van der Waals surface area contributed by atoms with E-state index < -0.39 is 12.0 Å². The molecule has 1 rings (SSSR count). The summed E-state index contributed by atoms with van der Waals surface area (Å²) in [5, 5.41) is 13.9. The first-order valence-electron chi connectivity index (χ1n) is 4.80. The Hall–Kier alpha value is -1.26. The number of hydrogen-bond acceptors (Lipinski definition) is 2. The number of rotatable bonds is 4. The van der Waals surface area contributed by atoms with E-state index in [9.17, 15) is 9.59 Å². The molecule has 3 N–H and O–H groups in total. The lowest BCUT2D eigenvalue weighted by molar-refractivity contribution is -0.140. The molecule has 0 spiro atoms. The normalized spacial score (nSPS) is 17.6. The van der Waals surface area contributed by atoms with Gasteiger partial charge in [-0.05, 0) is 18.8 Å². The second kappa shape index (κ2) is 4.30. The van der Waals surface area contributed by atoms with E-state index >= 15 is 0 Å². The monoisotopic (exact) mass is 200 g/mol. The van der Waals surface area contributed by atoms with Crippen molar-refractivity contribution in [2.45, 2.75) is 38.8 Å². The highest BCUT2D eigenvalue weighted by Gasteiger charge is 2.27. The van der Waals surface area contributed by atoms with Gasteiger partial charge in [-0.2, -0.15) is 0 Å². The molecule has 2 amide bonds. The topological polar surface area (TPSA) is 78.4 Å². The first kappa shape index (κ1) is 10.8. The van der Waals surface area contributed by atoms with E-state index in [4.69, 9.17) is 5.11 Å². The standard InChI is InChI=1S/C9H16N2O3/c1-5(2)7(8(12)13)11-9(14)10-6-3-4-6/h5-7H,3-4H2,1-2H3,(H,12,13)(H2,10,11,14)/t7-/m1/s1. The summed E-state index contributed by atoms with van der Waals surface area (Å²) in [6.45, 7) is 3.52. The van der Waals surface area contributed by atoms with Gasteiger partial charge in [0.25, 0.3) is 0 Å². The number of hydrogen-bond donors (Lipinski definition) is 3. The highest BCUT2D eigenvalue weighted by molar-refractivity contribution is 5.82. The van der Waals surface area contributed by atoms with E-state index in [-0.39, 0.29) is 18.0 Å². The summed E-state index contributed by atoms with van der Waals surface area (Å²) >= 11 is 0. The van der Waals surface area contributed by atoms with Crippen LogP contribution in [0.5, 0.6) is 0 Å². The summed E-state index contributed by atoms with van der Waals surface area (Å²) in [6, 6.07) is -0.945. The van der Waals surface area contributed by atoms with E-state index in [0.29, 0.717) is 0 Å². The Balaban J connectivity index is 2.37. The van der Waals surface area contributed by atoms with E-state index in [1.165, 1.54) is 0 Å². The van der Waals surface area contributed by atoms with Gasteiger partial charge in [0.15, 0.2) is 0 Å². The van der Waals surface area contributed by atoms with Crippen molar-refractivity contribution in [1.29, 1.82) is 0 Å². The number of urea groups is 1. The fourth-order valence-corrected chi connectivity index (χ4v) is 1.11. The van der Waals surface area contributed by atoms with Gasteiger partial charge in [0.2, 0.25) is 0 Å². The second-order valence-corrected chi connectivity index (χ2v) is 3.95. The predicted molar refractivity (Wildman–Crippen MR) is 51.0 cm³/mol. The van der Waals surface area contributed by atoms with Crippen LogP contribution in [0.4, 0.5) is 4.79 Å². The molecular weight excluding hydrogens is 184 g/mol. The Morgan fingerprint density at radius 3 is 2.29 bits per heavy atom. The maximum Gasteiger partial charge on any atom is 0.326 e. The smallest absolute Gasteiger partial charge is 0.326 e. The van der Waals surface area contributed by atoms with Gasteiger partial charge in [0, 0.05) is 6.04 Å². The Kier molecular flexibility index (Phi) is 3.33. The molecular formula is C9H16N2O3. The third-order valence-electron chi connectivity index (χ3n) is 2.13. The molecule has 1 fully saturated rings. The van der Waals surface area contributed by atoms with Crippen molar-refractivity contribution in [3.63, 3.8) is 0 Å². The molecule has 1 aliphatic carbocycles. The molecule has 80 valence electrons. The SMILES string of the molecule is CC(C)[C@@H](NC(=O)NC1CC1)C(=O)O. The summed E-state index contributed by atoms with van der Waals surface area (Å²) in [6.07, 6.45) is 1.99. The summed E-state index contributed by atoms with van der Waals surface area (Å²) in [5.74, 6) is -1.11. The van der Waals surface area contributed by atoms with Crippen LogP contribution in [-0.4, -0.2) is 29.2 Å². The van der Waals surface area contributed by atoms with Gasteiger partial charge in [-0.25, -0.2) is 9.59 Å². The van der Waals surface area contributed by atoms with Crippen LogP contribution >= 0.6 is 0 Å². The molecule has 0 unspecified atom stereocenters. The van der Waals surface area contributed by atoms with Gasteiger partial charge in [0.1, 0.15) is 6.04 Å². The molecule has 0 radical (unpaired) electrons. The van der Waals surface area contributed by atoms with Crippen molar-refractivity contribution >= 4 is 12.0 Å². The molecule has 1 saturated carbocycles. The maximum atomic E-state index is 11.2. The minimum absolute atomic E-state index is 0.113. The fraction of sp³-hybridized carbons (Fsp3) is 0.778. The van der Waals surface area contributed by atoms with Gasteiger partial charge in [-0.3, -0.25) is 0 Å². The Morgan fingerprint density at radius 2 is 1.93 bits per heavy atom. The zero-order valence-electron chi connectivity index (χ0n) is 8.41. The third kappa shape index (κ3) is 3.24. The minimum atomic E-state index is -0.994. The van der Waals surface area contributed by atoms with Crippen LogP contribution in [0.2, 0.25) is 0 Å². The number of carbonyl (C=O) groups excluding carboxylic acids is 1. The van der Waals surface area contributed by atoms with Crippen LogP contribution in [0.3, 0.4) is 0 Å². The van der Waals surface area contributed by atoms with Crippen LogP contribution in [0.15, 0.2) is 0 Å². The average molecular weight is 200 g/mol. The van der Waals surface area contributed by atoms with Crippen molar-refractivity contribution in [2.24, 2.45) is 5.92 Å². The molecule has 0 saturated heterocycles. The fourth-order valence-electron chi connectivity index (χ4n) is 1.11. The maximum absolute atomic E-state index is 11.2. The number of carbonyl (C=O) groups is 2. The minimum Gasteiger partial charge on any atom is -0.480 e. The third-order valence-corrected chi connectivity index (χ3v) is 2.13. The van der Waals surface area contributed by atoms with Crippen LogP contribution in [0, 0.1) is 5.92 Å². The number of amides is 2. The van der Waals surface area contributed by atoms with E-state index in [0.717, 1.165) is 12.8 Å². The zero-order valence-corrected chi connectivity index (χ0v) is 8.41. The first-order chi connectivity index (χ1) is 6.50. The Bertz CT molecular complexity index is 236. The molecule has 5 heteroatoms. The van der Waals surface area contributed by atoms with Crippen LogP contribution in [0.1, 0.15) is 26.7 Å². The van der Waals surface area contributed by atoms with Gasteiger partial charge >= 0.3 is 12.0 Å². The van der Waals surface area contributed by atoms with Crippen molar-refractivity contribution in [1.82, 2.24) is 10.6 Å². The van der Waals surface area contributed by atoms with E-state index in [1.54, 1.807) is 13.8 Å². The molecule has 0 aliphatic heterocycles. The van der Waals surface area contributed by atoms with Crippen LogP contribution < -0.4 is 10.6 Å². The van der Waals surface area contributed by atoms with Crippen molar-refractivity contribution in [3.8, 4) is 0 Å². The van der Waals surface area contributed by atoms with Crippen molar-refractivity contribution in [2.75, 3.05) is 0 Å². The Morgan fingerprint density at radius 1 is 1.36 bits per heavy atom. The molecule has 0 aromatic rings. The van der Waals surface area contributed by atoms with Gasteiger partial charge in [-0.1, -0.05) is 13.8 Å². The van der Waals surface area contributed by atoms with Crippen molar-refractivity contribution < 1.29 is 14.7 Å². The zero-order chi connectivity index (χ0) is 10.7. The molecule has 14 heavy (non-hydrogen) atoms.